The normalized spacial score (nSPS) is 11.0. The van der Waals surface area contributed by atoms with Gasteiger partial charge in [-0.25, -0.2) is 9.18 Å². The van der Waals surface area contributed by atoms with E-state index in [9.17, 15) is 19.1 Å². The van der Waals surface area contributed by atoms with Gasteiger partial charge in [-0.3, -0.25) is 4.79 Å². The van der Waals surface area contributed by atoms with E-state index in [4.69, 9.17) is 0 Å². The van der Waals surface area contributed by atoms with Gasteiger partial charge in [0.1, 0.15) is 5.82 Å². The first kappa shape index (κ1) is 17.4. The maximum absolute atomic E-state index is 13.1. The molecule has 0 bridgehead atoms. The van der Waals surface area contributed by atoms with Crippen LogP contribution in [0.4, 0.5) is 14.9 Å². The summed E-state index contributed by atoms with van der Waals surface area (Å²) in [4.78, 5) is 23.1. The molecule has 1 aromatic carbocycles. The number of amides is 2. The standard InChI is InChI=1S/C14H18BrFN2O3/c1-3-14(4-2,12(19)20)8-17-13(21)18-11-7-9(16)5-6-10(11)15/h5-7H,3-4,8H2,1-2H3,(H,19,20)(H2,17,18,21). The SMILES string of the molecule is CCC(CC)(CNC(=O)Nc1cc(F)ccc1Br)C(=O)O. The number of carbonyl (C=O) groups is 2. The Labute approximate surface area is 131 Å². The molecule has 116 valence electrons. The number of hydrogen-bond acceptors (Lipinski definition) is 2. The van der Waals surface area contributed by atoms with Crippen molar-refractivity contribution in [3.05, 3.63) is 28.5 Å². The van der Waals surface area contributed by atoms with Gasteiger partial charge in [0.05, 0.1) is 11.1 Å². The number of hydrogen-bond donors (Lipinski definition) is 3. The van der Waals surface area contributed by atoms with Crippen molar-refractivity contribution in [3.63, 3.8) is 0 Å². The Bertz CT molecular complexity index is 533. The molecule has 0 saturated carbocycles. The number of carboxylic acid groups (broad SMARTS) is 1. The molecular formula is C14H18BrFN2O3. The lowest BCUT2D eigenvalue weighted by atomic mass is 9.82. The van der Waals surface area contributed by atoms with Gasteiger partial charge in [-0.1, -0.05) is 13.8 Å². The van der Waals surface area contributed by atoms with Gasteiger partial charge in [0.25, 0.3) is 0 Å². The summed E-state index contributed by atoms with van der Waals surface area (Å²) in [7, 11) is 0. The van der Waals surface area contributed by atoms with Gasteiger partial charge < -0.3 is 15.7 Å². The van der Waals surface area contributed by atoms with Crippen LogP contribution in [0, 0.1) is 11.2 Å². The zero-order chi connectivity index (χ0) is 16.0. The van der Waals surface area contributed by atoms with Crippen LogP contribution in [0.25, 0.3) is 0 Å². The first-order valence-electron chi connectivity index (χ1n) is 6.58. The van der Waals surface area contributed by atoms with E-state index in [1.165, 1.54) is 18.2 Å². The minimum absolute atomic E-state index is 0.00804. The number of halogens is 2. The number of carboxylic acids is 1. The van der Waals surface area contributed by atoms with E-state index in [-0.39, 0.29) is 12.2 Å². The molecule has 0 radical (unpaired) electrons. The molecule has 0 saturated heterocycles. The van der Waals surface area contributed by atoms with Crippen LogP contribution in [0.1, 0.15) is 26.7 Å². The lowest BCUT2D eigenvalue weighted by molar-refractivity contribution is -0.149. The van der Waals surface area contributed by atoms with Crippen LogP contribution in [0.3, 0.4) is 0 Å². The molecule has 21 heavy (non-hydrogen) atoms. The molecule has 0 aliphatic rings. The highest BCUT2D eigenvalue weighted by molar-refractivity contribution is 9.10. The molecule has 0 fully saturated rings. The largest absolute Gasteiger partial charge is 0.481 e. The molecule has 0 heterocycles. The van der Waals surface area contributed by atoms with Gasteiger partial charge in [-0.2, -0.15) is 0 Å². The number of benzene rings is 1. The van der Waals surface area contributed by atoms with E-state index >= 15 is 0 Å². The molecule has 7 heteroatoms. The van der Waals surface area contributed by atoms with Crippen LogP contribution in [0.5, 0.6) is 0 Å². The first-order valence-corrected chi connectivity index (χ1v) is 7.37. The lowest BCUT2D eigenvalue weighted by Gasteiger charge is -2.26. The Balaban J connectivity index is 2.70. The van der Waals surface area contributed by atoms with Crippen molar-refractivity contribution < 1.29 is 19.1 Å². The van der Waals surface area contributed by atoms with Crippen LogP contribution in [0.15, 0.2) is 22.7 Å². The van der Waals surface area contributed by atoms with Crippen molar-refractivity contribution in [2.24, 2.45) is 5.41 Å². The number of nitrogens with one attached hydrogen (secondary N) is 2. The zero-order valence-electron chi connectivity index (χ0n) is 11.9. The molecule has 0 atom stereocenters. The van der Waals surface area contributed by atoms with Crippen LogP contribution in [0.2, 0.25) is 0 Å². The maximum Gasteiger partial charge on any atom is 0.319 e. The molecule has 1 aromatic rings. The number of anilines is 1. The summed E-state index contributed by atoms with van der Waals surface area (Å²) < 4.78 is 13.7. The summed E-state index contributed by atoms with van der Waals surface area (Å²) in [5, 5.41) is 14.3. The van der Waals surface area contributed by atoms with Gasteiger partial charge in [0.15, 0.2) is 0 Å². The Morgan fingerprint density at radius 1 is 1.33 bits per heavy atom. The van der Waals surface area contributed by atoms with Crippen LogP contribution in [-0.2, 0) is 4.79 Å². The van der Waals surface area contributed by atoms with Gasteiger partial charge in [-0.05, 0) is 47.0 Å². The Hall–Kier alpha value is -1.63. The van der Waals surface area contributed by atoms with Crippen molar-refractivity contribution in [2.45, 2.75) is 26.7 Å². The minimum atomic E-state index is -0.990. The van der Waals surface area contributed by atoms with Crippen LogP contribution < -0.4 is 10.6 Å². The predicted octanol–water partition coefficient (Wildman–Crippen LogP) is 3.60. The van der Waals surface area contributed by atoms with E-state index in [1.807, 2.05) is 0 Å². The molecule has 5 nitrogen and oxygen atoms in total. The summed E-state index contributed by atoms with van der Waals surface area (Å²) in [6, 6.07) is 3.34. The second-order valence-corrected chi connectivity index (χ2v) is 5.58. The molecule has 2 amide bonds. The third-order valence-electron chi connectivity index (χ3n) is 3.57. The molecule has 3 N–H and O–H groups in total. The second kappa shape index (κ2) is 7.40. The molecule has 0 aromatic heterocycles. The topological polar surface area (TPSA) is 78.4 Å². The zero-order valence-corrected chi connectivity index (χ0v) is 13.5. The Morgan fingerprint density at radius 3 is 2.48 bits per heavy atom. The van der Waals surface area contributed by atoms with E-state index in [0.29, 0.717) is 17.3 Å². The number of rotatable bonds is 6. The summed E-state index contributed by atoms with van der Waals surface area (Å²) in [5.74, 6) is -1.42. The first-order chi connectivity index (χ1) is 9.84. The fraction of sp³-hybridized carbons (Fsp3) is 0.429. The third-order valence-corrected chi connectivity index (χ3v) is 4.26. The smallest absolute Gasteiger partial charge is 0.319 e. The fourth-order valence-corrected chi connectivity index (χ4v) is 2.23. The van der Waals surface area contributed by atoms with E-state index in [2.05, 4.69) is 26.6 Å². The van der Waals surface area contributed by atoms with Gasteiger partial charge in [0, 0.05) is 11.0 Å². The number of aliphatic carboxylic acids is 1. The van der Waals surface area contributed by atoms with Gasteiger partial charge in [-0.15, -0.1) is 0 Å². The fourth-order valence-electron chi connectivity index (χ4n) is 1.89. The molecule has 0 aliphatic carbocycles. The Morgan fingerprint density at radius 2 is 1.95 bits per heavy atom. The number of carbonyl (C=O) groups excluding carboxylic acids is 1. The van der Waals surface area contributed by atoms with Crippen molar-refractivity contribution in [2.75, 3.05) is 11.9 Å². The highest BCUT2D eigenvalue weighted by atomic mass is 79.9. The molecule has 0 unspecified atom stereocenters. The second-order valence-electron chi connectivity index (χ2n) is 4.72. The van der Waals surface area contributed by atoms with Crippen molar-refractivity contribution in [1.29, 1.82) is 0 Å². The highest BCUT2D eigenvalue weighted by Crippen LogP contribution is 2.26. The van der Waals surface area contributed by atoms with Crippen molar-refractivity contribution in [1.82, 2.24) is 5.32 Å². The molecule has 0 aliphatic heterocycles. The molecule has 0 spiro atoms. The van der Waals surface area contributed by atoms with Crippen LogP contribution >= 0.6 is 15.9 Å². The van der Waals surface area contributed by atoms with E-state index < -0.39 is 23.2 Å². The monoisotopic (exact) mass is 360 g/mol. The number of urea groups is 1. The van der Waals surface area contributed by atoms with Crippen LogP contribution in [-0.4, -0.2) is 23.7 Å². The predicted molar refractivity (Wildman–Crippen MR) is 81.8 cm³/mol. The molecule has 1 rings (SSSR count). The van der Waals surface area contributed by atoms with E-state index in [1.54, 1.807) is 13.8 Å². The van der Waals surface area contributed by atoms with Gasteiger partial charge >= 0.3 is 12.0 Å². The third kappa shape index (κ3) is 4.42. The highest BCUT2D eigenvalue weighted by Gasteiger charge is 2.35. The van der Waals surface area contributed by atoms with Crippen molar-refractivity contribution in [3.8, 4) is 0 Å². The summed E-state index contributed by atoms with van der Waals surface area (Å²) in [6.45, 7) is 3.54. The maximum atomic E-state index is 13.1. The Kier molecular flexibility index (Phi) is 6.14. The summed E-state index contributed by atoms with van der Waals surface area (Å²) in [5.41, 5.74) is -0.710. The van der Waals surface area contributed by atoms with E-state index in [0.717, 1.165) is 0 Å². The average Bonchev–Trinajstić information content (AvgIpc) is 2.44. The van der Waals surface area contributed by atoms with Crippen molar-refractivity contribution >= 4 is 33.6 Å². The average molecular weight is 361 g/mol. The molecular weight excluding hydrogens is 343 g/mol. The van der Waals surface area contributed by atoms with Gasteiger partial charge in [0.2, 0.25) is 0 Å². The summed E-state index contributed by atoms with van der Waals surface area (Å²) >= 11 is 3.20. The minimum Gasteiger partial charge on any atom is -0.481 e. The summed E-state index contributed by atoms with van der Waals surface area (Å²) in [6.07, 6.45) is 0.811. The quantitative estimate of drug-likeness (QED) is 0.725. The lowest BCUT2D eigenvalue weighted by Crippen LogP contribution is -2.43.